The van der Waals surface area contributed by atoms with Crippen LogP contribution in [0.1, 0.15) is 23.8 Å². The molecule has 0 amide bonds. The lowest BCUT2D eigenvalue weighted by Gasteiger charge is -2.03. The molecule has 2 rings (SSSR count). The van der Waals surface area contributed by atoms with Crippen LogP contribution in [0.5, 0.6) is 0 Å². The molecular weight excluding hydrogens is 245 g/mol. The van der Waals surface area contributed by atoms with Crippen LogP contribution in [0.15, 0.2) is 30.3 Å². The number of thiophene rings is 1. The Morgan fingerprint density at radius 1 is 1.22 bits per heavy atom. The molecule has 18 heavy (non-hydrogen) atoms. The molecule has 0 fully saturated rings. The van der Waals surface area contributed by atoms with E-state index in [1.54, 1.807) is 17.4 Å². The van der Waals surface area contributed by atoms with Gasteiger partial charge < -0.3 is 5.32 Å². The van der Waals surface area contributed by atoms with Gasteiger partial charge in [0.2, 0.25) is 0 Å². The highest BCUT2D eigenvalue weighted by Gasteiger charge is 2.06. The lowest BCUT2D eigenvalue weighted by Crippen LogP contribution is -2.12. The molecule has 0 radical (unpaired) electrons. The topological polar surface area (TPSA) is 12.0 Å². The SMILES string of the molecule is CCCNCc1ccc(-c2ccc(F)cc2C)s1. The summed E-state index contributed by atoms with van der Waals surface area (Å²) >= 11 is 1.77. The van der Waals surface area contributed by atoms with E-state index in [1.807, 2.05) is 13.0 Å². The van der Waals surface area contributed by atoms with Gasteiger partial charge in [0.1, 0.15) is 5.82 Å². The summed E-state index contributed by atoms with van der Waals surface area (Å²) in [5, 5.41) is 3.39. The summed E-state index contributed by atoms with van der Waals surface area (Å²) < 4.78 is 13.1. The summed E-state index contributed by atoms with van der Waals surface area (Å²) in [6.45, 7) is 6.07. The van der Waals surface area contributed by atoms with Gasteiger partial charge in [0.15, 0.2) is 0 Å². The summed E-state index contributed by atoms with van der Waals surface area (Å²) in [6, 6.07) is 9.24. The van der Waals surface area contributed by atoms with E-state index in [9.17, 15) is 4.39 Å². The molecule has 1 heterocycles. The number of rotatable bonds is 5. The Hall–Kier alpha value is -1.19. The number of hydrogen-bond donors (Lipinski definition) is 1. The third-order valence-corrected chi connectivity index (χ3v) is 3.96. The smallest absolute Gasteiger partial charge is 0.123 e. The van der Waals surface area contributed by atoms with E-state index >= 15 is 0 Å². The molecule has 0 spiro atoms. The minimum Gasteiger partial charge on any atom is -0.312 e. The Balaban J connectivity index is 2.13. The molecular formula is C15H18FNS. The maximum absolute atomic E-state index is 13.1. The number of nitrogens with one attached hydrogen (secondary N) is 1. The molecule has 96 valence electrons. The molecule has 0 aliphatic heterocycles. The standard InChI is InChI=1S/C15H18FNS/c1-3-8-17-10-13-5-7-15(18-13)14-6-4-12(16)9-11(14)2/h4-7,9,17H,3,8,10H2,1-2H3. The van der Waals surface area contributed by atoms with Gasteiger partial charge in [-0.2, -0.15) is 0 Å². The quantitative estimate of drug-likeness (QED) is 0.790. The van der Waals surface area contributed by atoms with E-state index in [0.29, 0.717) is 0 Å². The molecule has 2 aromatic rings. The molecule has 1 aromatic heterocycles. The highest BCUT2D eigenvalue weighted by atomic mass is 32.1. The van der Waals surface area contributed by atoms with Crippen molar-refractivity contribution in [3.05, 3.63) is 46.6 Å². The Morgan fingerprint density at radius 2 is 2.06 bits per heavy atom. The molecule has 0 aliphatic rings. The van der Waals surface area contributed by atoms with Crippen LogP contribution < -0.4 is 5.32 Å². The van der Waals surface area contributed by atoms with E-state index in [-0.39, 0.29) is 5.82 Å². The summed E-state index contributed by atoms with van der Waals surface area (Å²) in [7, 11) is 0. The number of benzene rings is 1. The van der Waals surface area contributed by atoms with Crippen LogP contribution in [0.4, 0.5) is 4.39 Å². The first-order valence-electron chi connectivity index (χ1n) is 6.26. The van der Waals surface area contributed by atoms with Crippen molar-refractivity contribution >= 4 is 11.3 Å². The molecule has 0 saturated carbocycles. The first kappa shape index (κ1) is 13.2. The van der Waals surface area contributed by atoms with Crippen molar-refractivity contribution in [1.82, 2.24) is 5.32 Å². The van der Waals surface area contributed by atoms with Gasteiger partial charge in [0, 0.05) is 16.3 Å². The van der Waals surface area contributed by atoms with Gasteiger partial charge in [-0.25, -0.2) is 4.39 Å². The number of halogens is 1. The van der Waals surface area contributed by atoms with Gasteiger partial charge in [-0.3, -0.25) is 0 Å². The number of hydrogen-bond acceptors (Lipinski definition) is 2. The van der Waals surface area contributed by atoms with E-state index in [0.717, 1.165) is 30.6 Å². The van der Waals surface area contributed by atoms with Crippen LogP contribution in [0.2, 0.25) is 0 Å². The van der Waals surface area contributed by atoms with Crippen LogP contribution in [-0.2, 0) is 6.54 Å². The largest absolute Gasteiger partial charge is 0.312 e. The van der Waals surface area contributed by atoms with Gasteiger partial charge in [-0.15, -0.1) is 11.3 Å². The van der Waals surface area contributed by atoms with Gasteiger partial charge in [0.05, 0.1) is 0 Å². The van der Waals surface area contributed by atoms with Gasteiger partial charge in [0.25, 0.3) is 0 Å². The second kappa shape index (κ2) is 6.12. The van der Waals surface area contributed by atoms with Crippen molar-refractivity contribution in [2.45, 2.75) is 26.8 Å². The van der Waals surface area contributed by atoms with E-state index in [1.165, 1.54) is 15.8 Å². The zero-order valence-electron chi connectivity index (χ0n) is 10.8. The molecule has 1 nitrogen and oxygen atoms in total. The molecule has 3 heteroatoms. The van der Waals surface area contributed by atoms with Crippen molar-refractivity contribution in [2.24, 2.45) is 0 Å². The normalized spacial score (nSPS) is 10.8. The maximum Gasteiger partial charge on any atom is 0.123 e. The molecule has 1 N–H and O–H groups in total. The number of aryl methyl sites for hydroxylation is 1. The fourth-order valence-electron chi connectivity index (χ4n) is 1.91. The molecule has 1 aromatic carbocycles. The first-order chi connectivity index (χ1) is 8.70. The second-order valence-corrected chi connectivity index (χ2v) is 5.57. The first-order valence-corrected chi connectivity index (χ1v) is 7.08. The van der Waals surface area contributed by atoms with Crippen molar-refractivity contribution in [1.29, 1.82) is 0 Å². The third kappa shape index (κ3) is 3.18. The monoisotopic (exact) mass is 263 g/mol. The predicted octanol–water partition coefficient (Wildman–Crippen LogP) is 4.36. The summed E-state index contributed by atoms with van der Waals surface area (Å²) in [6.07, 6.45) is 1.15. The van der Waals surface area contributed by atoms with Crippen molar-refractivity contribution < 1.29 is 4.39 Å². The van der Waals surface area contributed by atoms with Crippen molar-refractivity contribution in [2.75, 3.05) is 6.54 Å². The highest BCUT2D eigenvalue weighted by Crippen LogP contribution is 2.30. The lowest BCUT2D eigenvalue weighted by molar-refractivity contribution is 0.627. The zero-order valence-corrected chi connectivity index (χ0v) is 11.6. The van der Waals surface area contributed by atoms with Crippen LogP contribution in [0.25, 0.3) is 10.4 Å². The Morgan fingerprint density at radius 3 is 2.78 bits per heavy atom. The summed E-state index contributed by atoms with van der Waals surface area (Å²) in [5.74, 6) is -0.169. The van der Waals surface area contributed by atoms with E-state index in [4.69, 9.17) is 0 Å². The summed E-state index contributed by atoms with van der Waals surface area (Å²) in [4.78, 5) is 2.53. The fraction of sp³-hybridized carbons (Fsp3) is 0.333. The molecule has 0 unspecified atom stereocenters. The van der Waals surface area contributed by atoms with Crippen LogP contribution >= 0.6 is 11.3 Å². The molecule has 0 saturated heterocycles. The lowest BCUT2D eigenvalue weighted by atomic mass is 10.1. The van der Waals surface area contributed by atoms with Gasteiger partial charge in [-0.1, -0.05) is 13.0 Å². The third-order valence-electron chi connectivity index (χ3n) is 2.84. The minimum absolute atomic E-state index is 0.169. The Kier molecular flexibility index (Phi) is 4.50. The summed E-state index contributed by atoms with van der Waals surface area (Å²) in [5.41, 5.74) is 2.12. The van der Waals surface area contributed by atoms with E-state index in [2.05, 4.69) is 24.4 Å². The minimum atomic E-state index is -0.169. The van der Waals surface area contributed by atoms with Crippen LogP contribution in [-0.4, -0.2) is 6.54 Å². The average Bonchev–Trinajstić information content (AvgIpc) is 2.78. The average molecular weight is 263 g/mol. The molecule has 0 atom stereocenters. The maximum atomic E-state index is 13.1. The van der Waals surface area contributed by atoms with Gasteiger partial charge in [-0.05, 0) is 55.3 Å². The second-order valence-electron chi connectivity index (χ2n) is 4.40. The molecule has 0 bridgehead atoms. The Labute approximate surface area is 112 Å². The predicted molar refractivity (Wildman–Crippen MR) is 76.4 cm³/mol. The highest BCUT2D eigenvalue weighted by molar-refractivity contribution is 7.15. The fourth-order valence-corrected chi connectivity index (χ4v) is 2.98. The van der Waals surface area contributed by atoms with Crippen LogP contribution in [0.3, 0.4) is 0 Å². The van der Waals surface area contributed by atoms with Gasteiger partial charge >= 0.3 is 0 Å². The van der Waals surface area contributed by atoms with Crippen molar-refractivity contribution in [3.63, 3.8) is 0 Å². The zero-order chi connectivity index (χ0) is 13.0. The van der Waals surface area contributed by atoms with Crippen LogP contribution in [0, 0.1) is 12.7 Å². The van der Waals surface area contributed by atoms with E-state index < -0.39 is 0 Å². The molecule has 0 aliphatic carbocycles. The Bertz CT molecular complexity index is 519. The van der Waals surface area contributed by atoms with Crippen molar-refractivity contribution in [3.8, 4) is 10.4 Å².